The standard InChI is InChI=1S/C21H15Cl2FN2O2S/c22-14-4-6-17(23)19(9-14)29-11-12-2-1-3-13(8-12)21(28)26-15-5-7-18(24)16(10-15)20(25)27/h1-10H,11H2,(H2,25,27)(H,26,28). The van der Waals surface area contributed by atoms with E-state index in [-0.39, 0.29) is 17.2 Å². The van der Waals surface area contributed by atoms with E-state index in [9.17, 15) is 14.0 Å². The summed E-state index contributed by atoms with van der Waals surface area (Å²) in [7, 11) is 0. The molecule has 0 radical (unpaired) electrons. The molecule has 0 aromatic heterocycles. The Balaban J connectivity index is 1.72. The van der Waals surface area contributed by atoms with Gasteiger partial charge < -0.3 is 11.1 Å². The van der Waals surface area contributed by atoms with Gasteiger partial charge in [0.1, 0.15) is 5.82 Å². The van der Waals surface area contributed by atoms with E-state index in [1.165, 1.54) is 23.9 Å². The molecule has 2 amide bonds. The van der Waals surface area contributed by atoms with Gasteiger partial charge in [-0.05, 0) is 54.1 Å². The lowest BCUT2D eigenvalue weighted by molar-refractivity contribution is 0.0992. The van der Waals surface area contributed by atoms with Crippen molar-refractivity contribution < 1.29 is 14.0 Å². The van der Waals surface area contributed by atoms with Gasteiger partial charge in [0.2, 0.25) is 0 Å². The summed E-state index contributed by atoms with van der Waals surface area (Å²) in [6.07, 6.45) is 0. The number of halogens is 3. The van der Waals surface area contributed by atoms with Gasteiger partial charge in [-0.15, -0.1) is 11.8 Å². The quantitative estimate of drug-likeness (QED) is 0.469. The number of hydrogen-bond acceptors (Lipinski definition) is 3. The first-order chi connectivity index (χ1) is 13.8. The van der Waals surface area contributed by atoms with E-state index >= 15 is 0 Å². The molecule has 148 valence electrons. The Labute approximate surface area is 181 Å². The van der Waals surface area contributed by atoms with Crippen LogP contribution in [0.15, 0.2) is 65.6 Å². The lowest BCUT2D eigenvalue weighted by atomic mass is 10.1. The van der Waals surface area contributed by atoms with E-state index in [0.717, 1.165) is 16.5 Å². The fourth-order valence-electron chi connectivity index (χ4n) is 2.55. The van der Waals surface area contributed by atoms with Crippen LogP contribution in [0.25, 0.3) is 0 Å². The Morgan fingerprint density at radius 1 is 1.03 bits per heavy atom. The molecule has 0 bridgehead atoms. The van der Waals surface area contributed by atoms with Crippen LogP contribution in [0.2, 0.25) is 10.0 Å². The number of rotatable bonds is 6. The predicted molar refractivity (Wildman–Crippen MR) is 115 cm³/mol. The number of carbonyl (C=O) groups excluding carboxylic acids is 2. The minimum atomic E-state index is -0.905. The second-order valence-corrected chi connectivity index (χ2v) is 7.94. The van der Waals surface area contributed by atoms with Gasteiger partial charge in [-0.3, -0.25) is 9.59 Å². The molecule has 4 nitrogen and oxygen atoms in total. The van der Waals surface area contributed by atoms with Gasteiger partial charge in [-0.1, -0.05) is 35.3 Å². The van der Waals surface area contributed by atoms with Gasteiger partial charge in [0.15, 0.2) is 0 Å². The molecule has 0 spiro atoms. The fraction of sp³-hybridized carbons (Fsp3) is 0.0476. The first-order valence-electron chi connectivity index (χ1n) is 8.41. The first-order valence-corrected chi connectivity index (χ1v) is 10.1. The molecule has 3 N–H and O–H groups in total. The molecule has 3 rings (SSSR count). The topological polar surface area (TPSA) is 72.2 Å². The van der Waals surface area contributed by atoms with Crippen molar-refractivity contribution in [3.05, 3.63) is 93.2 Å². The SMILES string of the molecule is NC(=O)c1cc(NC(=O)c2cccc(CSc3cc(Cl)ccc3Cl)c2)ccc1F. The Kier molecular flexibility index (Phi) is 6.79. The molecule has 0 fully saturated rings. The van der Waals surface area contributed by atoms with Crippen LogP contribution in [0.4, 0.5) is 10.1 Å². The average Bonchev–Trinajstić information content (AvgIpc) is 2.70. The summed E-state index contributed by atoms with van der Waals surface area (Å²) in [5.74, 6) is -1.45. The van der Waals surface area contributed by atoms with E-state index in [1.807, 2.05) is 6.07 Å². The molecule has 0 aliphatic rings. The van der Waals surface area contributed by atoms with Gasteiger partial charge >= 0.3 is 0 Å². The Hall–Kier alpha value is -2.54. The van der Waals surface area contributed by atoms with E-state index in [1.54, 1.807) is 36.4 Å². The molecule has 0 atom stereocenters. The summed E-state index contributed by atoms with van der Waals surface area (Å²) in [6, 6.07) is 16.0. The molecular formula is C21H15Cl2FN2O2S. The van der Waals surface area contributed by atoms with Gasteiger partial charge in [0.05, 0.1) is 10.6 Å². The molecule has 0 saturated carbocycles. The third kappa shape index (κ3) is 5.50. The Morgan fingerprint density at radius 2 is 1.83 bits per heavy atom. The summed E-state index contributed by atoms with van der Waals surface area (Å²) in [5.41, 5.74) is 6.46. The lowest BCUT2D eigenvalue weighted by Crippen LogP contribution is -2.16. The first kappa shape index (κ1) is 21.2. The van der Waals surface area contributed by atoms with Crippen LogP contribution < -0.4 is 11.1 Å². The molecule has 3 aromatic rings. The molecule has 3 aromatic carbocycles. The summed E-state index contributed by atoms with van der Waals surface area (Å²) in [4.78, 5) is 24.6. The van der Waals surface area contributed by atoms with Crippen LogP contribution in [-0.2, 0) is 5.75 Å². The van der Waals surface area contributed by atoms with Crippen molar-refractivity contribution in [3.63, 3.8) is 0 Å². The van der Waals surface area contributed by atoms with Crippen molar-refractivity contribution in [3.8, 4) is 0 Å². The fourth-order valence-corrected chi connectivity index (χ4v) is 3.98. The van der Waals surface area contributed by atoms with Crippen LogP contribution >= 0.6 is 35.0 Å². The maximum absolute atomic E-state index is 13.6. The number of primary amides is 1. The van der Waals surface area contributed by atoms with Crippen molar-refractivity contribution >= 4 is 52.5 Å². The van der Waals surface area contributed by atoms with E-state index in [0.29, 0.717) is 21.4 Å². The molecule has 0 saturated heterocycles. The van der Waals surface area contributed by atoms with Gasteiger partial charge in [-0.2, -0.15) is 0 Å². The average molecular weight is 449 g/mol. The number of thioether (sulfide) groups is 1. The summed E-state index contributed by atoms with van der Waals surface area (Å²) in [6.45, 7) is 0. The van der Waals surface area contributed by atoms with Gasteiger partial charge in [0, 0.05) is 26.9 Å². The van der Waals surface area contributed by atoms with Crippen molar-refractivity contribution in [2.45, 2.75) is 10.6 Å². The minimum absolute atomic E-state index is 0.274. The molecule has 29 heavy (non-hydrogen) atoms. The normalized spacial score (nSPS) is 10.6. The van der Waals surface area contributed by atoms with E-state index in [2.05, 4.69) is 5.32 Å². The molecule has 0 aliphatic carbocycles. The van der Waals surface area contributed by atoms with Crippen LogP contribution in [0.5, 0.6) is 0 Å². The third-order valence-corrected chi connectivity index (χ3v) is 5.77. The van der Waals surface area contributed by atoms with Crippen molar-refractivity contribution in [2.75, 3.05) is 5.32 Å². The Bertz CT molecular complexity index is 1090. The molecule has 0 heterocycles. The third-order valence-electron chi connectivity index (χ3n) is 3.97. The highest BCUT2D eigenvalue weighted by Crippen LogP contribution is 2.32. The lowest BCUT2D eigenvalue weighted by Gasteiger charge is -2.09. The number of anilines is 1. The van der Waals surface area contributed by atoms with Gasteiger partial charge in [0.25, 0.3) is 11.8 Å². The number of benzene rings is 3. The molecule has 8 heteroatoms. The summed E-state index contributed by atoms with van der Waals surface area (Å²) in [5, 5.41) is 3.84. The van der Waals surface area contributed by atoms with E-state index in [4.69, 9.17) is 28.9 Å². The van der Waals surface area contributed by atoms with Crippen molar-refractivity contribution in [1.29, 1.82) is 0 Å². The summed E-state index contributed by atoms with van der Waals surface area (Å²) < 4.78 is 13.6. The monoisotopic (exact) mass is 448 g/mol. The van der Waals surface area contributed by atoms with Crippen LogP contribution in [-0.4, -0.2) is 11.8 Å². The van der Waals surface area contributed by atoms with E-state index < -0.39 is 11.7 Å². The van der Waals surface area contributed by atoms with Crippen molar-refractivity contribution in [1.82, 2.24) is 0 Å². The zero-order valence-electron chi connectivity index (χ0n) is 14.9. The van der Waals surface area contributed by atoms with Crippen LogP contribution in [0, 0.1) is 5.82 Å². The minimum Gasteiger partial charge on any atom is -0.366 e. The highest BCUT2D eigenvalue weighted by Gasteiger charge is 2.12. The number of carbonyl (C=O) groups is 2. The maximum atomic E-state index is 13.6. The number of amides is 2. The zero-order valence-corrected chi connectivity index (χ0v) is 17.2. The highest BCUT2D eigenvalue weighted by atomic mass is 35.5. The number of hydrogen-bond donors (Lipinski definition) is 2. The maximum Gasteiger partial charge on any atom is 0.255 e. The number of nitrogens with one attached hydrogen (secondary N) is 1. The van der Waals surface area contributed by atoms with Crippen LogP contribution in [0.3, 0.4) is 0 Å². The zero-order chi connectivity index (χ0) is 21.0. The highest BCUT2D eigenvalue weighted by molar-refractivity contribution is 7.98. The van der Waals surface area contributed by atoms with Crippen molar-refractivity contribution in [2.24, 2.45) is 5.73 Å². The van der Waals surface area contributed by atoms with Gasteiger partial charge in [-0.25, -0.2) is 4.39 Å². The largest absolute Gasteiger partial charge is 0.366 e. The second-order valence-electron chi connectivity index (χ2n) is 6.08. The second kappa shape index (κ2) is 9.31. The number of nitrogens with two attached hydrogens (primary N) is 1. The molecular weight excluding hydrogens is 434 g/mol. The Morgan fingerprint density at radius 3 is 2.59 bits per heavy atom. The predicted octanol–water partition coefficient (Wildman–Crippen LogP) is 5.78. The van der Waals surface area contributed by atoms with Crippen LogP contribution in [0.1, 0.15) is 26.3 Å². The molecule has 0 unspecified atom stereocenters. The molecule has 0 aliphatic heterocycles. The summed E-state index contributed by atoms with van der Waals surface area (Å²) >= 11 is 13.7. The smallest absolute Gasteiger partial charge is 0.255 e.